The molecule has 0 radical (unpaired) electrons. The summed E-state index contributed by atoms with van der Waals surface area (Å²) in [6.07, 6.45) is 3.23. The second-order valence-electron chi connectivity index (χ2n) is 6.12. The molecule has 0 spiro atoms. The smallest absolute Gasteiger partial charge is 0.273 e. The molecule has 4 rings (SSSR count). The third kappa shape index (κ3) is 2.69. The number of anilines is 1. The molecule has 2 N–H and O–H groups in total. The van der Waals surface area contributed by atoms with E-state index in [2.05, 4.69) is 21.5 Å². The van der Waals surface area contributed by atoms with Crippen LogP contribution >= 0.6 is 0 Å². The number of H-pyrrole nitrogens is 1. The minimum Gasteiger partial charge on any atom is -0.495 e. The summed E-state index contributed by atoms with van der Waals surface area (Å²) in [5.74, 6) is 0.803. The second kappa shape index (κ2) is 6.04. The number of ether oxygens (including phenoxy) is 1. The molecule has 1 fully saturated rings. The summed E-state index contributed by atoms with van der Waals surface area (Å²) in [6, 6.07) is 8.69. The molecule has 8 heteroatoms. The number of carbonyl (C=O) groups excluding carboxylic acids is 1. The first-order valence-electron chi connectivity index (χ1n) is 8.11. The Balaban J connectivity index is 1.80. The Morgan fingerprint density at radius 1 is 1.42 bits per heavy atom. The van der Waals surface area contributed by atoms with E-state index in [9.17, 15) is 9.59 Å². The van der Waals surface area contributed by atoms with Crippen LogP contribution in [0.5, 0.6) is 5.75 Å². The summed E-state index contributed by atoms with van der Waals surface area (Å²) in [5.41, 5.74) is 1.30. The molecule has 0 aliphatic heterocycles. The maximum atomic E-state index is 12.2. The fourth-order valence-corrected chi connectivity index (χ4v) is 2.78. The number of pyridine rings is 1. The Labute approximate surface area is 148 Å². The number of nitrogens with zero attached hydrogens (tertiary/aromatic N) is 3. The highest BCUT2D eigenvalue weighted by molar-refractivity contribution is 5.94. The molecule has 1 aromatic carbocycles. The molecule has 0 bridgehead atoms. The Bertz CT molecular complexity index is 1120. The summed E-state index contributed by atoms with van der Waals surface area (Å²) in [5, 5.41) is 15.0. The summed E-state index contributed by atoms with van der Waals surface area (Å²) < 4.78 is 6.81. The molecule has 1 amide bonds. The highest BCUT2D eigenvalue weighted by atomic mass is 16.5. The molecule has 26 heavy (non-hydrogen) atoms. The number of nitrogens with one attached hydrogen (secondary N) is 2. The van der Waals surface area contributed by atoms with Crippen LogP contribution < -0.4 is 15.6 Å². The van der Waals surface area contributed by atoms with E-state index in [-0.39, 0.29) is 17.4 Å². The van der Waals surface area contributed by atoms with Crippen LogP contribution in [0.15, 0.2) is 35.3 Å². The van der Waals surface area contributed by atoms with Crippen molar-refractivity contribution in [1.29, 1.82) is 5.26 Å². The van der Waals surface area contributed by atoms with E-state index in [1.165, 1.54) is 13.3 Å². The van der Waals surface area contributed by atoms with Gasteiger partial charge in [0.2, 0.25) is 5.91 Å². The topological polar surface area (TPSA) is 113 Å². The molecule has 8 nitrogen and oxygen atoms in total. The molecule has 130 valence electrons. The van der Waals surface area contributed by atoms with Crippen LogP contribution in [0.25, 0.3) is 16.6 Å². The number of aromatic nitrogens is 3. The lowest BCUT2D eigenvalue weighted by atomic mass is 10.2. The van der Waals surface area contributed by atoms with Gasteiger partial charge in [-0.2, -0.15) is 5.26 Å². The van der Waals surface area contributed by atoms with E-state index in [1.54, 1.807) is 28.9 Å². The van der Waals surface area contributed by atoms with Gasteiger partial charge < -0.3 is 10.1 Å². The summed E-state index contributed by atoms with van der Waals surface area (Å²) >= 11 is 0. The van der Waals surface area contributed by atoms with Gasteiger partial charge in [-0.25, -0.2) is 4.98 Å². The molecule has 1 saturated carbocycles. The van der Waals surface area contributed by atoms with Crippen LogP contribution in [0.1, 0.15) is 18.4 Å². The van der Waals surface area contributed by atoms with E-state index in [1.807, 2.05) is 0 Å². The van der Waals surface area contributed by atoms with E-state index in [0.29, 0.717) is 33.7 Å². The van der Waals surface area contributed by atoms with Crippen molar-refractivity contribution in [2.75, 3.05) is 12.4 Å². The average molecular weight is 349 g/mol. The van der Waals surface area contributed by atoms with Crippen LogP contribution in [-0.2, 0) is 4.79 Å². The van der Waals surface area contributed by atoms with Gasteiger partial charge in [-0.3, -0.25) is 19.4 Å². The van der Waals surface area contributed by atoms with Crippen molar-refractivity contribution < 1.29 is 9.53 Å². The minimum atomic E-state index is -0.295. The van der Waals surface area contributed by atoms with Crippen molar-refractivity contribution in [1.82, 2.24) is 14.8 Å². The summed E-state index contributed by atoms with van der Waals surface area (Å²) in [6.45, 7) is 0. The van der Waals surface area contributed by atoms with Crippen molar-refractivity contribution in [3.05, 3.63) is 46.4 Å². The predicted octanol–water partition coefficient (Wildman–Crippen LogP) is 1.94. The van der Waals surface area contributed by atoms with Gasteiger partial charge in [-0.1, -0.05) is 0 Å². The van der Waals surface area contributed by atoms with Crippen LogP contribution in [-0.4, -0.2) is 27.8 Å². The van der Waals surface area contributed by atoms with Crippen molar-refractivity contribution in [3.8, 4) is 17.5 Å². The number of amides is 1. The zero-order valence-corrected chi connectivity index (χ0v) is 13.9. The van der Waals surface area contributed by atoms with Gasteiger partial charge >= 0.3 is 0 Å². The SMILES string of the molecule is COc1cc(-n2[nH]c(=O)c3cnc(NC(=O)C4CC4)cc32)ccc1C#N. The van der Waals surface area contributed by atoms with Gasteiger partial charge in [0.15, 0.2) is 0 Å². The van der Waals surface area contributed by atoms with Crippen LogP contribution in [0.2, 0.25) is 0 Å². The number of nitriles is 1. The number of benzene rings is 1. The van der Waals surface area contributed by atoms with Gasteiger partial charge in [0.05, 0.1) is 29.3 Å². The average Bonchev–Trinajstić information content (AvgIpc) is 3.46. The highest BCUT2D eigenvalue weighted by Crippen LogP contribution is 2.30. The van der Waals surface area contributed by atoms with E-state index in [0.717, 1.165) is 12.8 Å². The second-order valence-corrected chi connectivity index (χ2v) is 6.12. The maximum Gasteiger partial charge on any atom is 0.273 e. The third-order valence-corrected chi connectivity index (χ3v) is 4.34. The molecule has 0 unspecified atom stereocenters. The lowest BCUT2D eigenvalue weighted by Gasteiger charge is -2.09. The molecule has 2 aromatic heterocycles. The van der Waals surface area contributed by atoms with Gasteiger partial charge in [0, 0.05) is 24.2 Å². The molecule has 0 saturated heterocycles. The number of hydrogen-bond donors (Lipinski definition) is 2. The van der Waals surface area contributed by atoms with Crippen LogP contribution in [0.4, 0.5) is 5.82 Å². The summed E-state index contributed by atoms with van der Waals surface area (Å²) in [7, 11) is 1.48. The van der Waals surface area contributed by atoms with Gasteiger partial charge in [-0.05, 0) is 25.0 Å². The number of fused-ring (bicyclic) bond motifs is 1. The van der Waals surface area contributed by atoms with Gasteiger partial charge in [0.25, 0.3) is 5.56 Å². The molecule has 1 aliphatic rings. The first-order valence-corrected chi connectivity index (χ1v) is 8.11. The van der Waals surface area contributed by atoms with Crippen LogP contribution in [0.3, 0.4) is 0 Å². The molecule has 0 atom stereocenters. The molecule has 2 heterocycles. The monoisotopic (exact) mass is 349 g/mol. The van der Waals surface area contributed by atoms with Gasteiger partial charge in [0.1, 0.15) is 17.6 Å². The minimum absolute atomic E-state index is 0.0543. The zero-order valence-electron chi connectivity index (χ0n) is 13.9. The van der Waals surface area contributed by atoms with E-state index in [4.69, 9.17) is 10.00 Å². The number of rotatable bonds is 4. The highest BCUT2D eigenvalue weighted by Gasteiger charge is 2.29. The molecule has 3 aromatic rings. The normalized spacial score (nSPS) is 13.4. The lowest BCUT2D eigenvalue weighted by Crippen LogP contribution is -2.14. The Kier molecular flexibility index (Phi) is 3.69. The van der Waals surface area contributed by atoms with Crippen molar-refractivity contribution >= 4 is 22.6 Å². The number of methoxy groups -OCH3 is 1. The fourth-order valence-electron chi connectivity index (χ4n) is 2.78. The standard InChI is InChI=1S/C18H15N5O3/c1-26-15-6-12(5-4-11(15)8-19)23-14-7-16(21-17(24)10-2-3-10)20-9-13(14)18(25)22-23/h4-7,9-10H,2-3H2,1H3,(H,22,25)(H,20,21,24). The number of hydrogen-bond acceptors (Lipinski definition) is 5. The first kappa shape index (κ1) is 15.9. The number of aromatic amines is 1. The summed E-state index contributed by atoms with van der Waals surface area (Å²) in [4.78, 5) is 28.3. The Morgan fingerprint density at radius 2 is 2.23 bits per heavy atom. The fraction of sp³-hybridized carbons (Fsp3) is 0.222. The van der Waals surface area contributed by atoms with E-state index >= 15 is 0 Å². The lowest BCUT2D eigenvalue weighted by molar-refractivity contribution is -0.117. The molecular weight excluding hydrogens is 334 g/mol. The third-order valence-electron chi connectivity index (χ3n) is 4.34. The predicted molar refractivity (Wildman–Crippen MR) is 94.3 cm³/mol. The first-order chi connectivity index (χ1) is 12.6. The van der Waals surface area contributed by atoms with Gasteiger partial charge in [-0.15, -0.1) is 0 Å². The van der Waals surface area contributed by atoms with Crippen molar-refractivity contribution in [2.45, 2.75) is 12.8 Å². The molecule has 1 aliphatic carbocycles. The van der Waals surface area contributed by atoms with E-state index < -0.39 is 0 Å². The maximum absolute atomic E-state index is 12.2. The number of carbonyl (C=O) groups is 1. The Morgan fingerprint density at radius 3 is 2.92 bits per heavy atom. The van der Waals surface area contributed by atoms with Crippen molar-refractivity contribution in [2.24, 2.45) is 5.92 Å². The van der Waals surface area contributed by atoms with Crippen LogP contribution in [0, 0.1) is 17.2 Å². The zero-order chi connectivity index (χ0) is 18.3. The largest absolute Gasteiger partial charge is 0.495 e. The van der Waals surface area contributed by atoms with Crippen molar-refractivity contribution in [3.63, 3.8) is 0 Å². The Hall–Kier alpha value is -3.60. The molecular formula is C18H15N5O3. The quantitative estimate of drug-likeness (QED) is 0.747.